The lowest BCUT2D eigenvalue weighted by atomic mass is 10.1. The fraction of sp³-hybridized carbons (Fsp3) is 0.818. The third kappa shape index (κ3) is 5.58. The van der Waals surface area contributed by atoms with Gasteiger partial charge in [0.2, 0.25) is 5.60 Å². The second-order valence-corrected chi connectivity index (χ2v) is 4.16. The van der Waals surface area contributed by atoms with Crippen LogP contribution in [0.2, 0.25) is 0 Å². The zero-order chi connectivity index (χ0) is 12.8. The van der Waals surface area contributed by atoms with E-state index in [1.165, 1.54) is 13.8 Å². The number of hydrogen-bond donors (Lipinski definition) is 0. The van der Waals surface area contributed by atoms with E-state index in [9.17, 15) is 9.59 Å². The fourth-order valence-corrected chi connectivity index (χ4v) is 0.821. The molecule has 0 spiro atoms. The predicted octanol–water partition coefficient (Wildman–Crippen LogP) is 2.28. The van der Waals surface area contributed by atoms with Crippen molar-refractivity contribution in [3.63, 3.8) is 0 Å². The molecule has 0 aliphatic heterocycles. The Morgan fingerprint density at radius 1 is 1.25 bits per heavy atom. The SMILES string of the molecule is CCCOC(=O)OC(C)(C)C(=O)OC(C)C. The largest absolute Gasteiger partial charge is 0.509 e. The van der Waals surface area contributed by atoms with Gasteiger partial charge >= 0.3 is 12.1 Å². The minimum atomic E-state index is -1.32. The van der Waals surface area contributed by atoms with Crippen LogP contribution in [0.4, 0.5) is 4.79 Å². The molecule has 0 unspecified atom stereocenters. The number of rotatable bonds is 5. The first kappa shape index (κ1) is 14.7. The lowest BCUT2D eigenvalue weighted by Gasteiger charge is -2.23. The van der Waals surface area contributed by atoms with E-state index in [0.717, 1.165) is 0 Å². The average molecular weight is 232 g/mol. The molecule has 0 radical (unpaired) electrons. The van der Waals surface area contributed by atoms with Gasteiger partial charge in [0, 0.05) is 0 Å². The summed E-state index contributed by atoms with van der Waals surface area (Å²) >= 11 is 0. The molecule has 0 aliphatic carbocycles. The Morgan fingerprint density at radius 3 is 2.25 bits per heavy atom. The molecule has 0 amide bonds. The molecule has 0 saturated heterocycles. The fourth-order valence-electron chi connectivity index (χ4n) is 0.821. The number of carbonyl (C=O) groups excluding carboxylic acids is 2. The normalized spacial score (nSPS) is 11.1. The van der Waals surface area contributed by atoms with Gasteiger partial charge in [-0.1, -0.05) is 6.92 Å². The van der Waals surface area contributed by atoms with Crippen LogP contribution >= 0.6 is 0 Å². The van der Waals surface area contributed by atoms with Crippen molar-refractivity contribution in [3.8, 4) is 0 Å². The van der Waals surface area contributed by atoms with E-state index in [2.05, 4.69) is 0 Å². The summed E-state index contributed by atoms with van der Waals surface area (Å²) in [6.07, 6.45) is -0.402. The molecule has 0 atom stereocenters. The van der Waals surface area contributed by atoms with Crippen LogP contribution in [0.1, 0.15) is 41.0 Å². The maximum absolute atomic E-state index is 11.5. The molecule has 94 valence electrons. The van der Waals surface area contributed by atoms with Gasteiger partial charge in [-0.2, -0.15) is 0 Å². The summed E-state index contributed by atoms with van der Waals surface area (Å²) in [4.78, 5) is 22.7. The summed E-state index contributed by atoms with van der Waals surface area (Å²) in [5, 5.41) is 0. The number of carbonyl (C=O) groups is 2. The van der Waals surface area contributed by atoms with E-state index in [4.69, 9.17) is 14.2 Å². The van der Waals surface area contributed by atoms with E-state index < -0.39 is 17.7 Å². The highest BCUT2D eigenvalue weighted by Gasteiger charge is 2.35. The maximum atomic E-state index is 11.5. The summed E-state index contributed by atoms with van der Waals surface area (Å²) in [6, 6.07) is 0. The molecule has 0 aromatic carbocycles. The molecule has 0 fully saturated rings. The summed E-state index contributed by atoms with van der Waals surface area (Å²) in [7, 11) is 0. The molecular weight excluding hydrogens is 212 g/mol. The molecule has 0 rings (SSSR count). The Labute approximate surface area is 96.1 Å². The summed E-state index contributed by atoms with van der Waals surface area (Å²) in [5.74, 6) is -0.587. The van der Waals surface area contributed by atoms with Crippen molar-refractivity contribution < 1.29 is 23.8 Å². The van der Waals surface area contributed by atoms with Crippen LogP contribution in [0.5, 0.6) is 0 Å². The van der Waals surface area contributed by atoms with E-state index >= 15 is 0 Å². The van der Waals surface area contributed by atoms with Gasteiger partial charge in [-0.15, -0.1) is 0 Å². The number of esters is 1. The standard InChI is InChI=1S/C11H20O5/c1-6-7-14-10(13)16-11(4,5)9(12)15-8(2)3/h8H,6-7H2,1-5H3. The zero-order valence-corrected chi connectivity index (χ0v) is 10.5. The number of ether oxygens (including phenoxy) is 3. The second-order valence-electron chi connectivity index (χ2n) is 4.16. The van der Waals surface area contributed by atoms with E-state index in [-0.39, 0.29) is 12.7 Å². The first-order valence-corrected chi connectivity index (χ1v) is 5.36. The van der Waals surface area contributed by atoms with Crippen LogP contribution in [0, 0.1) is 0 Å². The van der Waals surface area contributed by atoms with Gasteiger partial charge in [-0.25, -0.2) is 9.59 Å². The molecule has 0 bridgehead atoms. The highest BCUT2D eigenvalue weighted by molar-refractivity contribution is 5.81. The van der Waals surface area contributed by atoms with Crippen LogP contribution in [0.15, 0.2) is 0 Å². The van der Waals surface area contributed by atoms with Crippen molar-refractivity contribution in [2.45, 2.75) is 52.7 Å². The quantitative estimate of drug-likeness (QED) is 0.680. The molecule has 0 heterocycles. The topological polar surface area (TPSA) is 61.8 Å². The van der Waals surface area contributed by atoms with E-state index in [1.807, 2.05) is 6.92 Å². The third-order valence-corrected chi connectivity index (χ3v) is 1.60. The van der Waals surface area contributed by atoms with Crippen molar-refractivity contribution >= 4 is 12.1 Å². The number of hydrogen-bond acceptors (Lipinski definition) is 5. The molecule has 0 aromatic rings. The first-order chi connectivity index (χ1) is 7.29. The summed E-state index contributed by atoms with van der Waals surface area (Å²) in [6.45, 7) is 8.52. The van der Waals surface area contributed by atoms with Crippen molar-refractivity contribution in [3.05, 3.63) is 0 Å². The molecule has 5 nitrogen and oxygen atoms in total. The molecule has 0 aliphatic rings. The van der Waals surface area contributed by atoms with Gasteiger partial charge in [0.15, 0.2) is 0 Å². The van der Waals surface area contributed by atoms with Crippen LogP contribution < -0.4 is 0 Å². The van der Waals surface area contributed by atoms with Crippen LogP contribution in [-0.2, 0) is 19.0 Å². The molecular formula is C11H20O5. The Hall–Kier alpha value is -1.26. The van der Waals surface area contributed by atoms with Crippen LogP contribution in [0.3, 0.4) is 0 Å². The van der Waals surface area contributed by atoms with Crippen LogP contribution in [-0.4, -0.2) is 30.4 Å². The van der Waals surface area contributed by atoms with Crippen molar-refractivity contribution in [2.75, 3.05) is 6.61 Å². The average Bonchev–Trinajstić information content (AvgIpc) is 2.12. The van der Waals surface area contributed by atoms with Gasteiger partial charge in [-0.3, -0.25) is 0 Å². The zero-order valence-electron chi connectivity index (χ0n) is 10.5. The van der Waals surface area contributed by atoms with Gasteiger partial charge in [0.1, 0.15) is 0 Å². The van der Waals surface area contributed by atoms with Crippen molar-refractivity contribution in [1.82, 2.24) is 0 Å². The van der Waals surface area contributed by atoms with E-state index in [1.54, 1.807) is 13.8 Å². The van der Waals surface area contributed by atoms with Gasteiger partial charge in [-0.05, 0) is 34.1 Å². The Morgan fingerprint density at radius 2 is 1.81 bits per heavy atom. The molecule has 16 heavy (non-hydrogen) atoms. The minimum absolute atomic E-state index is 0.248. The molecule has 0 saturated carbocycles. The smallest absolute Gasteiger partial charge is 0.460 e. The van der Waals surface area contributed by atoms with Crippen molar-refractivity contribution in [2.24, 2.45) is 0 Å². The monoisotopic (exact) mass is 232 g/mol. The summed E-state index contributed by atoms with van der Waals surface area (Å²) in [5.41, 5.74) is -1.32. The highest BCUT2D eigenvalue weighted by atomic mass is 16.7. The predicted molar refractivity (Wildman–Crippen MR) is 58.0 cm³/mol. The molecule has 0 N–H and O–H groups in total. The minimum Gasteiger partial charge on any atom is -0.460 e. The molecule has 5 heteroatoms. The van der Waals surface area contributed by atoms with Gasteiger partial charge in [0.05, 0.1) is 12.7 Å². The van der Waals surface area contributed by atoms with Gasteiger partial charge < -0.3 is 14.2 Å². The second kappa shape index (κ2) is 6.35. The first-order valence-electron chi connectivity index (χ1n) is 5.36. The highest BCUT2D eigenvalue weighted by Crippen LogP contribution is 2.14. The Balaban J connectivity index is 4.21. The van der Waals surface area contributed by atoms with E-state index in [0.29, 0.717) is 6.42 Å². The van der Waals surface area contributed by atoms with Gasteiger partial charge in [0.25, 0.3) is 0 Å². The summed E-state index contributed by atoms with van der Waals surface area (Å²) < 4.78 is 14.5. The van der Waals surface area contributed by atoms with Crippen molar-refractivity contribution in [1.29, 1.82) is 0 Å². The lowest BCUT2D eigenvalue weighted by molar-refractivity contribution is -0.168. The lowest BCUT2D eigenvalue weighted by Crippen LogP contribution is -2.40. The third-order valence-electron chi connectivity index (χ3n) is 1.60. The van der Waals surface area contributed by atoms with Crippen LogP contribution in [0.25, 0.3) is 0 Å². The molecule has 0 aromatic heterocycles. The Bertz CT molecular complexity index is 245. The maximum Gasteiger partial charge on any atom is 0.509 e. The Kier molecular flexibility index (Phi) is 5.85.